The van der Waals surface area contributed by atoms with E-state index in [1.807, 2.05) is 0 Å². The van der Waals surface area contributed by atoms with Crippen LogP contribution in [0, 0.1) is 11.6 Å². The number of guanidine groups is 1. The van der Waals surface area contributed by atoms with E-state index < -0.39 is 11.6 Å². The van der Waals surface area contributed by atoms with Gasteiger partial charge in [-0.2, -0.15) is 0 Å². The van der Waals surface area contributed by atoms with Gasteiger partial charge in [0.05, 0.1) is 0 Å². The predicted molar refractivity (Wildman–Crippen MR) is 89.4 cm³/mol. The summed E-state index contributed by atoms with van der Waals surface area (Å²) in [7, 11) is 3.81. The van der Waals surface area contributed by atoms with Crippen LogP contribution in [0.3, 0.4) is 0 Å². The van der Waals surface area contributed by atoms with Gasteiger partial charge in [0.1, 0.15) is 11.6 Å². The largest absolute Gasteiger partial charge is 0.355 e. The number of hydrogen-bond acceptors (Lipinski definition) is 2. The van der Waals surface area contributed by atoms with Crippen molar-refractivity contribution in [3.05, 3.63) is 35.4 Å². The maximum absolute atomic E-state index is 13.6. The molecule has 0 aromatic heterocycles. The van der Waals surface area contributed by atoms with Gasteiger partial charge in [0, 0.05) is 38.3 Å². The molecular weight excluding hydrogens is 298 g/mol. The zero-order valence-corrected chi connectivity index (χ0v) is 13.9. The van der Waals surface area contributed by atoms with Crippen molar-refractivity contribution < 1.29 is 8.78 Å². The Kier molecular flexibility index (Phi) is 6.77. The van der Waals surface area contributed by atoms with E-state index in [9.17, 15) is 8.78 Å². The predicted octanol–water partition coefficient (Wildman–Crippen LogP) is 2.50. The second kappa shape index (κ2) is 8.82. The summed E-state index contributed by atoms with van der Waals surface area (Å²) in [5.41, 5.74) is 0.288. The molecule has 0 aliphatic heterocycles. The third-order valence-electron chi connectivity index (χ3n) is 4.38. The molecule has 2 N–H and O–H groups in total. The second-order valence-electron chi connectivity index (χ2n) is 6.01. The van der Waals surface area contributed by atoms with Gasteiger partial charge in [-0.3, -0.25) is 4.99 Å². The number of benzene rings is 1. The summed E-state index contributed by atoms with van der Waals surface area (Å²) < 4.78 is 26.7. The maximum Gasteiger partial charge on any atom is 0.191 e. The van der Waals surface area contributed by atoms with Crippen molar-refractivity contribution in [2.24, 2.45) is 4.99 Å². The quantitative estimate of drug-likeness (QED) is 0.624. The smallest absolute Gasteiger partial charge is 0.191 e. The lowest BCUT2D eigenvalue weighted by molar-refractivity contribution is 0.249. The Morgan fingerprint density at radius 1 is 1.26 bits per heavy atom. The Morgan fingerprint density at radius 2 is 2.00 bits per heavy atom. The van der Waals surface area contributed by atoms with Crippen LogP contribution in [-0.4, -0.2) is 44.1 Å². The summed E-state index contributed by atoms with van der Waals surface area (Å²) in [6, 6.07) is 4.14. The number of nitrogens with zero attached hydrogens (tertiary/aromatic N) is 2. The van der Waals surface area contributed by atoms with Gasteiger partial charge < -0.3 is 15.5 Å². The van der Waals surface area contributed by atoms with E-state index in [2.05, 4.69) is 27.6 Å². The van der Waals surface area contributed by atoms with Gasteiger partial charge in [-0.15, -0.1) is 0 Å². The lowest BCUT2D eigenvalue weighted by atomic mass is 10.2. The standard InChI is InChI=1S/C17H26F2N4/c1-20-17(21-9-10-23(2)15-5-3-4-6-15)22-12-13-11-14(18)7-8-16(13)19/h7-8,11,15H,3-6,9-10,12H2,1-2H3,(H2,20,21,22). The van der Waals surface area contributed by atoms with E-state index in [0.717, 1.165) is 25.2 Å². The van der Waals surface area contributed by atoms with Crippen LogP contribution in [0.25, 0.3) is 0 Å². The second-order valence-corrected chi connectivity index (χ2v) is 6.01. The molecule has 4 nitrogen and oxygen atoms in total. The van der Waals surface area contributed by atoms with Crippen LogP contribution in [0.2, 0.25) is 0 Å². The molecule has 0 radical (unpaired) electrons. The van der Waals surface area contributed by atoms with Gasteiger partial charge in [-0.1, -0.05) is 12.8 Å². The molecule has 1 saturated carbocycles. The third-order valence-corrected chi connectivity index (χ3v) is 4.38. The number of nitrogens with one attached hydrogen (secondary N) is 2. The highest BCUT2D eigenvalue weighted by atomic mass is 19.1. The molecule has 0 unspecified atom stereocenters. The maximum atomic E-state index is 13.6. The van der Waals surface area contributed by atoms with E-state index in [0.29, 0.717) is 12.0 Å². The van der Waals surface area contributed by atoms with Crippen molar-refractivity contribution in [3.8, 4) is 0 Å². The summed E-state index contributed by atoms with van der Waals surface area (Å²) in [6.45, 7) is 1.89. The van der Waals surface area contributed by atoms with Crippen molar-refractivity contribution in [2.75, 3.05) is 27.2 Å². The summed E-state index contributed by atoms with van der Waals surface area (Å²) >= 11 is 0. The van der Waals surface area contributed by atoms with Gasteiger partial charge in [0.15, 0.2) is 5.96 Å². The summed E-state index contributed by atoms with van der Waals surface area (Å²) in [5, 5.41) is 6.22. The fourth-order valence-corrected chi connectivity index (χ4v) is 2.96. The van der Waals surface area contributed by atoms with E-state index in [1.54, 1.807) is 7.05 Å². The molecule has 1 aromatic carbocycles. The van der Waals surface area contributed by atoms with E-state index in [4.69, 9.17) is 0 Å². The van der Waals surface area contributed by atoms with E-state index in [-0.39, 0.29) is 12.1 Å². The molecule has 2 rings (SSSR count). The molecule has 0 saturated heterocycles. The highest BCUT2D eigenvalue weighted by Gasteiger charge is 2.18. The van der Waals surface area contributed by atoms with Crippen molar-refractivity contribution in [2.45, 2.75) is 38.3 Å². The SMILES string of the molecule is CN=C(NCCN(C)C1CCCC1)NCc1cc(F)ccc1F. The first-order valence-electron chi connectivity index (χ1n) is 8.19. The Morgan fingerprint density at radius 3 is 2.70 bits per heavy atom. The van der Waals surface area contributed by atoms with Crippen molar-refractivity contribution in [1.29, 1.82) is 0 Å². The minimum absolute atomic E-state index is 0.196. The van der Waals surface area contributed by atoms with Crippen LogP contribution in [0.15, 0.2) is 23.2 Å². The first kappa shape index (κ1) is 17.7. The molecule has 0 spiro atoms. The van der Waals surface area contributed by atoms with Crippen LogP contribution >= 0.6 is 0 Å². The highest BCUT2D eigenvalue weighted by molar-refractivity contribution is 5.79. The molecule has 1 aliphatic rings. The number of halogens is 2. The van der Waals surface area contributed by atoms with Crippen molar-refractivity contribution >= 4 is 5.96 Å². The van der Waals surface area contributed by atoms with Gasteiger partial charge in [0.2, 0.25) is 0 Å². The zero-order chi connectivity index (χ0) is 16.7. The van der Waals surface area contributed by atoms with Crippen LogP contribution in [-0.2, 0) is 6.54 Å². The van der Waals surface area contributed by atoms with E-state index >= 15 is 0 Å². The Labute approximate surface area is 137 Å². The molecule has 0 bridgehead atoms. The summed E-state index contributed by atoms with van der Waals surface area (Å²) in [6.07, 6.45) is 5.21. The van der Waals surface area contributed by atoms with Crippen LogP contribution in [0.5, 0.6) is 0 Å². The van der Waals surface area contributed by atoms with Gasteiger partial charge in [-0.25, -0.2) is 8.78 Å². The van der Waals surface area contributed by atoms with Crippen LogP contribution in [0.4, 0.5) is 8.78 Å². The lowest BCUT2D eigenvalue weighted by Crippen LogP contribution is -2.42. The van der Waals surface area contributed by atoms with Gasteiger partial charge in [-0.05, 0) is 38.1 Å². The molecule has 23 heavy (non-hydrogen) atoms. The zero-order valence-electron chi connectivity index (χ0n) is 13.9. The van der Waals surface area contributed by atoms with Crippen LogP contribution < -0.4 is 10.6 Å². The van der Waals surface area contributed by atoms with Gasteiger partial charge >= 0.3 is 0 Å². The molecule has 0 atom stereocenters. The number of rotatable bonds is 6. The fraction of sp³-hybridized carbons (Fsp3) is 0.588. The molecular formula is C17H26F2N4. The third kappa shape index (κ3) is 5.46. The fourth-order valence-electron chi connectivity index (χ4n) is 2.96. The van der Waals surface area contributed by atoms with Crippen molar-refractivity contribution in [3.63, 3.8) is 0 Å². The molecule has 1 fully saturated rings. The average Bonchev–Trinajstić information content (AvgIpc) is 3.08. The first-order chi connectivity index (χ1) is 11.1. The lowest BCUT2D eigenvalue weighted by Gasteiger charge is -2.24. The number of aliphatic imine (C=N–C) groups is 1. The van der Waals surface area contributed by atoms with E-state index in [1.165, 1.54) is 31.7 Å². The Hall–Kier alpha value is -1.69. The molecule has 1 aromatic rings. The van der Waals surface area contributed by atoms with Crippen LogP contribution in [0.1, 0.15) is 31.2 Å². The molecule has 128 valence electrons. The summed E-state index contributed by atoms with van der Waals surface area (Å²) in [5.74, 6) is -0.270. The Balaban J connectivity index is 1.74. The first-order valence-corrected chi connectivity index (χ1v) is 8.19. The number of likely N-dealkylation sites (N-methyl/N-ethyl adjacent to an activating group) is 1. The highest BCUT2D eigenvalue weighted by Crippen LogP contribution is 2.21. The normalized spacial score (nSPS) is 16.1. The van der Waals surface area contributed by atoms with Gasteiger partial charge in [0.25, 0.3) is 0 Å². The molecule has 0 heterocycles. The molecule has 0 amide bonds. The molecule has 6 heteroatoms. The van der Waals surface area contributed by atoms with Crippen molar-refractivity contribution in [1.82, 2.24) is 15.5 Å². The monoisotopic (exact) mass is 324 g/mol. The Bertz CT molecular complexity index is 527. The number of hydrogen-bond donors (Lipinski definition) is 2. The average molecular weight is 324 g/mol. The minimum atomic E-state index is -0.440. The summed E-state index contributed by atoms with van der Waals surface area (Å²) in [4.78, 5) is 6.48. The topological polar surface area (TPSA) is 39.7 Å². The minimum Gasteiger partial charge on any atom is -0.355 e. The molecule has 1 aliphatic carbocycles.